The maximum atomic E-state index is 13.1. The number of alkyl halides is 3. The molecule has 0 saturated carbocycles. The Morgan fingerprint density at radius 3 is 2.45 bits per heavy atom. The second kappa shape index (κ2) is 6.00. The summed E-state index contributed by atoms with van der Waals surface area (Å²) in [6.45, 7) is 1.27. The molecule has 0 aliphatic carbocycles. The van der Waals surface area contributed by atoms with Gasteiger partial charge in [-0.2, -0.15) is 13.2 Å². The molecule has 2 aromatic rings. The van der Waals surface area contributed by atoms with Crippen molar-refractivity contribution in [2.24, 2.45) is 0 Å². The average Bonchev–Trinajstić information content (AvgIpc) is 2.46. The molecule has 1 aromatic carbocycles. The van der Waals surface area contributed by atoms with E-state index in [1.54, 1.807) is 18.2 Å². The molecule has 22 heavy (non-hydrogen) atoms. The summed E-state index contributed by atoms with van der Waals surface area (Å²) in [7, 11) is 0. The number of H-pyrrole nitrogens is 1. The number of halogens is 3. The molecule has 2 rings (SSSR count). The van der Waals surface area contributed by atoms with Crippen LogP contribution in [0.4, 0.5) is 13.2 Å². The van der Waals surface area contributed by atoms with Crippen LogP contribution < -0.4 is 5.56 Å². The zero-order valence-electron chi connectivity index (χ0n) is 11.4. The molecule has 0 radical (unpaired) electrons. The maximum absolute atomic E-state index is 13.1. The van der Waals surface area contributed by atoms with E-state index >= 15 is 0 Å². The Morgan fingerprint density at radius 2 is 1.91 bits per heavy atom. The van der Waals surface area contributed by atoms with Crippen LogP contribution in [0.2, 0.25) is 0 Å². The summed E-state index contributed by atoms with van der Waals surface area (Å²) in [5, 5.41) is 0. The minimum atomic E-state index is -4.96. The van der Waals surface area contributed by atoms with Gasteiger partial charge in [0, 0.05) is 5.56 Å². The summed E-state index contributed by atoms with van der Waals surface area (Å²) in [5.41, 5.74) is -3.61. The molecule has 1 N–H and O–H groups in total. The molecule has 8 heteroatoms. The van der Waals surface area contributed by atoms with E-state index in [1.165, 1.54) is 19.1 Å². The molecule has 0 bridgehead atoms. The van der Waals surface area contributed by atoms with Gasteiger partial charge in [-0.15, -0.1) is 0 Å². The van der Waals surface area contributed by atoms with Gasteiger partial charge in [0.2, 0.25) is 0 Å². The van der Waals surface area contributed by atoms with Crippen LogP contribution in [0.25, 0.3) is 11.4 Å². The molecular formula is C14H11F3N2O3. The van der Waals surface area contributed by atoms with Crippen molar-refractivity contribution in [3.05, 3.63) is 51.9 Å². The van der Waals surface area contributed by atoms with Gasteiger partial charge in [-0.05, 0) is 6.92 Å². The van der Waals surface area contributed by atoms with E-state index in [0.717, 1.165) is 0 Å². The van der Waals surface area contributed by atoms with Crippen molar-refractivity contribution in [3.63, 3.8) is 0 Å². The number of aromatic nitrogens is 2. The van der Waals surface area contributed by atoms with Crippen molar-refractivity contribution < 1.29 is 22.7 Å². The Bertz CT molecular complexity index is 739. The SMILES string of the molecule is CCOC(=O)c1c(C(F)(F)F)nc(-c2ccccc2)[nH]c1=O. The lowest BCUT2D eigenvalue weighted by Gasteiger charge is -2.12. The standard InChI is InChI=1S/C14H11F3N2O3/c1-2-22-13(21)9-10(14(15,16)17)18-11(19-12(9)20)8-6-4-3-5-7-8/h3-7H,2H2,1H3,(H,18,19,20). The Morgan fingerprint density at radius 1 is 1.27 bits per heavy atom. The fourth-order valence-corrected chi connectivity index (χ4v) is 1.80. The van der Waals surface area contributed by atoms with Crippen molar-refractivity contribution in [1.82, 2.24) is 9.97 Å². The van der Waals surface area contributed by atoms with Gasteiger partial charge in [-0.25, -0.2) is 9.78 Å². The maximum Gasteiger partial charge on any atom is 0.434 e. The van der Waals surface area contributed by atoms with Gasteiger partial charge < -0.3 is 9.72 Å². The number of hydrogen-bond donors (Lipinski definition) is 1. The van der Waals surface area contributed by atoms with E-state index in [4.69, 9.17) is 0 Å². The van der Waals surface area contributed by atoms with Gasteiger partial charge in [0.15, 0.2) is 11.3 Å². The van der Waals surface area contributed by atoms with Crippen LogP contribution in [0.3, 0.4) is 0 Å². The highest BCUT2D eigenvalue weighted by molar-refractivity contribution is 5.90. The number of nitrogens with one attached hydrogen (secondary N) is 1. The van der Waals surface area contributed by atoms with Crippen LogP contribution in [0.5, 0.6) is 0 Å². The lowest BCUT2D eigenvalue weighted by atomic mass is 10.1. The molecule has 1 aromatic heterocycles. The first kappa shape index (κ1) is 15.7. The van der Waals surface area contributed by atoms with Crippen LogP contribution in [0.1, 0.15) is 23.0 Å². The molecule has 0 amide bonds. The second-order valence-electron chi connectivity index (χ2n) is 4.22. The summed E-state index contributed by atoms with van der Waals surface area (Å²) < 4.78 is 43.8. The number of carbonyl (C=O) groups excluding carboxylic acids is 1. The molecule has 0 unspecified atom stereocenters. The number of rotatable bonds is 3. The van der Waals surface area contributed by atoms with Crippen molar-refractivity contribution in [2.75, 3.05) is 6.61 Å². The third-order valence-corrected chi connectivity index (χ3v) is 2.71. The topological polar surface area (TPSA) is 72.0 Å². The Balaban J connectivity index is 2.68. The lowest BCUT2D eigenvalue weighted by molar-refractivity contribution is -0.141. The van der Waals surface area contributed by atoms with Gasteiger partial charge in [0.1, 0.15) is 5.82 Å². The number of nitrogens with zero attached hydrogens (tertiary/aromatic N) is 1. The fourth-order valence-electron chi connectivity index (χ4n) is 1.80. The molecule has 1 heterocycles. The van der Waals surface area contributed by atoms with Gasteiger partial charge in [0.05, 0.1) is 6.61 Å². The van der Waals surface area contributed by atoms with Crippen molar-refractivity contribution in [1.29, 1.82) is 0 Å². The van der Waals surface area contributed by atoms with E-state index in [0.29, 0.717) is 5.56 Å². The quantitative estimate of drug-likeness (QED) is 0.884. The van der Waals surface area contributed by atoms with Crippen molar-refractivity contribution in [3.8, 4) is 11.4 Å². The molecular weight excluding hydrogens is 301 g/mol. The van der Waals surface area contributed by atoms with Crippen LogP contribution in [0, 0.1) is 0 Å². The molecule has 0 saturated heterocycles. The highest BCUT2D eigenvalue weighted by atomic mass is 19.4. The minimum absolute atomic E-state index is 0.157. The summed E-state index contributed by atoms with van der Waals surface area (Å²) in [4.78, 5) is 29.1. The first-order valence-corrected chi connectivity index (χ1v) is 6.28. The van der Waals surface area contributed by atoms with E-state index in [2.05, 4.69) is 14.7 Å². The predicted molar refractivity (Wildman–Crippen MR) is 71.3 cm³/mol. The number of hydrogen-bond acceptors (Lipinski definition) is 4. The molecule has 0 aliphatic rings. The first-order valence-electron chi connectivity index (χ1n) is 6.28. The van der Waals surface area contributed by atoms with Gasteiger partial charge >= 0.3 is 12.1 Å². The Kier molecular flexibility index (Phi) is 4.30. The van der Waals surface area contributed by atoms with Crippen LogP contribution in [0.15, 0.2) is 35.1 Å². The molecule has 0 atom stereocenters. The summed E-state index contributed by atoms with van der Waals surface area (Å²) >= 11 is 0. The average molecular weight is 312 g/mol. The van der Waals surface area contributed by atoms with Crippen molar-refractivity contribution in [2.45, 2.75) is 13.1 Å². The Labute approximate surface area is 122 Å². The third kappa shape index (κ3) is 3.16. The van der Waals surface area contributed by atoms with Gasteiger partial charge in [-0.3, -0.25) is 4.79 Å². The highest BCUT2D eigenvalue weighted by Gasteiger charge is 2.40. The summed E-state index contributed by atoms with van der Waals surface area (Å²) in [5.74, 6) is -1.63. The molecule has 0 aliphatic heterocycles. The molecule has 0 fully saturated rings. The zero-order chi connectivity index (χ0) is 16.3. The van der Waals surface area contributed by atoms with Gasteiger partial charge in [-0.1, -0.05) is 30.3 Å². The van der Waals surface area contributed by atoms with Crippen LogP contribution in [-0.2, 0) is 10.9 Å². The number of ether oxygens (including phenoxy) is 1. The predicted octanol–water partition coefficient (Wildman–Crippen LogP) is 2.63. The highest BCUT2D eigenvalue weighted by Crippen LogP contribution is 2.30. The second-order valence-corrected chi connectivity index (χ2v) is 4.22. The first-order chi connectivity index (χ1) is 10.3. The third-order valence-electron chi connectivity index (χ3n) is 2.71. The normalized spacial score (nSPS) is 11.3. The summed E-state index contributed by atoms with van der Waals surface area (Å²) in [6.07, 6.45) is -4.96. The number of esters is 1. The lowest BCUT2D eigenvalue weighted by Crippen LogP contribution is -2.28. The minimum Gasteiger partial charge on any atom is -0.462 e. The van der Waals surface area contributed by atoms with E-state index < -0.39 is 29.0 Å². The fraction of sp³-hybridized carbons (Fsp3) is 0.214. The van der Waals surface area contributed by atoms with Crippen molar-refractivity contribution >= 4 is 5.97 Å². The monoisotopic (exact) mass is 312 g/mol. The Hall–Kier alpha value is -2.64. The molecule has 116 valence electrons. The van der Waals surface area contributed by atoms with E-state index in [1.807, 2.05) is 0 Å². The van der Waals surface area contributed by atoms with E-state index in [-0.39, 0.29) is 12.4 Å². The number of aromatic amines is 1. The van der Waals surface area contributed by atoms with Crippen LogP contribution in [-0.4, -0.2) is 22.5 Å². The largest absolute Gasteiger partial charge is 0.462 e. The van der Waals surface area contributed by atoms with Crippen LogP contribution >= 0.6 is 0 Å². The number of carbonyl (C=O) groups is 1. The number of benzene rings is 1. The summed E-state index contributed by atoms with van der Waals surface area (Å²) in [6, 6.07) is 7.81. The van der Waals surface area contributed by atoms with Gasteiger partial charge in [0.25, 0.3) is 5.56 Å². The smallest absolute Gasteiger partial charge is 0.434 e. The molecule has 5 nitrogen and oxygen atoms in total. The zero-order valence-corrected chi connectivity index (χ0v) is 11.4. The van der Waals surface area contributed by atoms with E-state index in [9.17, 15) is 22.8 Å². The molecule has 0 spiro atoms.